The molecular formula is C14H31O3P. The van der Waals surface area contributed by atoms with E-state index >= 15 is 0 Å². The van der Waals surface area contributed by atoms with E-state index in [2.05, 4.69) is 20.8 Å². The molecule has 0 bridgehead atoms. The molecule has 110 valence electrons. The SMILES string of the molecule is CCCCCC(CC(CC)CCCC)P(=O)(O)O. The highest BCUT2D eigenvalue weighted by molar-refractivity contribution is 7.52. The van der Waals surface area contributed by atoms with Crippen LogP contribution in [0, 0.1) is 5.92 Å². The maximum absolute atomic E-state index is 11.5. The zero-order valence-electron chi connectivity index (χ0n) is 12.3. The van der Waals surface area contributed by atoms with Crippen LogP contribution >= 0.6 is 7.60 Å². The van der Waals surface area contributed by atoms with Crippen molar-refractivity contribution >= 4 is 7.60 Å². The van der Waals surface area contributed by atoms with E-state index in [0.29, 0.717) is 18.8 Å². The van der Waals surface area contributed by atoms with E-state index in [4.69, 9.17) is 0 Å². The van der Waals surface area contributed by atoms with Gasteiger partial charge in [0.1, 0.15) is 0 Å². The zero-order chi connectivity index (χ0) is 14.0. The molecule has 0 amide bonds. The highest BCUT2D eigenvalue weighted by atomic mass is 31.2. The van der Waals surface area contributed by atoms with Crippen molar-refractivity contribution < 1.29 is 14.4 Å². The summed E-state index contributed by atoms with van der Waals surface area (Å²) in [7, 11) is -3.92. The van der Waals surface area contributed by atoms with Crippen molar-refractivity contribution in [3.05, 3.63) is 0 Å². The van der Waals surface area contributed by atoms with Crippen LogP contribution in [-0.4, -0.2) is 15.4 Å². The lowest BCUT2D eigenvalue weighted by atomic mass is 9.92. The Hall–Kier alpha value is 0.150. The first-order valence-electron chi connectivity index (χ1n) is 7.50. The summed E-state index contributed by atoms with van der Waals surface area (Å²) in [6.45, 7) is 6.40. The summed E-state index contributed by atoms with van der Waals surface area (Å²) in [5.41, 5.74) is -0.411. The quantitative estimate of drug-likeness (QED) is 0.424. The summed E-state index contributed by atoms with van der Waals surface area (Å²) in [4.78, 5) is 18.9. The molecule has 0 saturated heterocycles. The summed E-state index contributed by atoms with van der Waals surface area (Å²) < 4.78 is 11.5. The molecule has 0 spiro atoms. The summed E-state index contributed by atoms with van der Waals surface area (Å²) >= 11 is 0. The number of rotatable bonds is 11. The lowest BCUT2D eigenvalue weighted by molar-refractivity contribution is 0.324. The molecule has 0 aliphatic carbocycles. The fourth-order valence-electron chi connectivity index (χ4n) is 2.42. The van der Waals surface area contributed by atoms with Gasteiger partial charge in [0.25, 0.3) is 0 Å². The Morgan fingerprint density at radius 2 is 1.56 bits per heavy atom. The summed E-state index contributed by atoms with van der Waals surface area (Å²) in [5, 5.41) is 0. The average molecular weight is 278 g/mol. The molecule has 0 radical (unpaired) electrons. The number of hydrogen-bond acceptors (Lipinski definition) is 1. The fourth-order valence-corrected chi connectivity index (χ4v) is 3.51. The smallest absolute Gasteiger partial charge is 0.324 e. The van der Waals surface area contributed by atoms with E-state index < -0.39 is 13.3 Å². The van der Waals surface area contributed by atoms with E-state index in [1.165, 1.54) is 6.42 Å². The maximum atomic E-state index is 11.5. The van der Waals surface area contributed by atoms with Gasteiger partial charge in [-0.3, -0.25) is 4.57 Å². The van der Waals surface area contributed by atoms with Gasteiger partial charge >= 0.3 is 7.60 Å². The van der Waals surface area contributed by atoms with Gasteiger partial charge in [-0.2, -0.15) is 0 Å². The normalized spacial score (nSPS) is 15.6. The zero-order valence-corrected chi connectivity index (χ0v) is 13.2. The first-order valence-corrected chi connectivity index (χ1v) is 9.18. The van der Waals surface area contributed by atoms with Crippen molar-refractivity contribution in [1.29, 1.82) is 0 Å². The molecule has 3 nitrogen and oxygen atoms in total. The van der Waals surface area contributed by atoms with Crippen LogP contribution in [0.1, 0.15) is 78.6 Å². The summed E-state index contributed by atoms with van der Waals surface area (Å²) in [5.74, 6) is 0.476. The molecule has 2 atom stereocenters. The second kappa shape index (κ2) is 10.00. The van der Waals surface area contributed by atoms with Gasteiger partial charge in [-0.1, -0.05) is 65.7 Å². The fraction of sp³-hybridized carbons (Fsp3) is 1.00. The molecule has 0 aliphatic rings. The Balaban J connectivity index is 4.32. The van der Waals surface area contributed by atoms with Gasteiger partial charge in [-0.15, -0.1) is 0 Å². The average Bonchev–Trinajstić information content (AvgIpc) is 2.31. The molecule has 0 rings (SSSR count). The topological polar surface area (TPSA) is 57.5 Å². The molecule has 4 heteroatoms. The second-order valence-corrected chi connectivity index (χ2v) is 7.30. The van der Waals surface area contributed by atoms with Crippen LogP contribution in [0.3, 0.4) is 0 Å². The van der Waals surface area contributed by atoms with Crippen LogP contribution in [0.4, 0.5) is 0 Å². The standard InChI is InChI=1S/C14H31O3P/c1-4-7-9-11-14(18(15,16)17)12-13(6-3)10-8-5-2/h13-14H,4-12H2,1-3H3,(H2,15,16,17). The molecule has 2 unspecified atom stereocenters. The number of unbranched alkanes of at least 4 members (excludes halogenated alkanes) is 3. The molecule has 0 aromatic rings. The Labute approximate surface area is 113 Å². The van der Waals surface area contributed by atoms with Crippen molar-refractivity contribution in [3.63, 3.8) is 0 Å². The predicted molar refractivity (Wildman–Crippen MR) is 77.9 cm³/mol. The maximum Gasteiger partial charge on any atom is 0.328 e. The molecule has 0 fully saturated rings. The van der Waals surface area contributed by atoms with E-state index in [1.807, 2.05) is 0 Å². The van der Waals surface area contributed by atoms with Crippen LogP contribution < -0.4 is 0 Å². The third-order valence-electron chi connectivity index (χ3n) is 3.77. The van der Waals surface area contributed by atoms with Gasteiger partial charge in [0.2, 0.25) is 0 Å². The molecule has 0 saturated carbocycles. The largest absolute Gasteiger partial charge is 0.328 e. The van der Waals surface area contributed by atoms with E-state index in [0.717, 1.165) is 38.5 Å². The van der Waals surface area contributed by atoms with E-state index in [-0.39, 0.29) is 0 Å². The van der Waals surface area contributed by atoms with Crippen LogP contribution in [0.15, 0.2) is 0 Å². The van der Waals surface area contributed by atoms with Crippen molar-refractivity contribution in [2.24, 2.45) is 5.92 Å². The molecule has 0 aromatic heterocycles. The minimum Gasteiger partial charge on any atom is -0.324 e. The van der Waals surface area contributed by atoms with E-state index in [1.54, 1.807) is 0 Å². The Morgan fingerprint density at radius 3 is 2.00 bits per heavy atom. The van der Waals surface area contributed by atoms with Crippen molar-refractivity contribution in [2.45, 2.75) is 84.2 Å². The van der Waals surface area contributed by atoms with Gasteiger partial charge in [-0.05, 0) is 18.8 Å². The first-order chi connectivity index (χ1) is 8.45. The van der Waals surface area contributed by atoms with Gasteiger partial charge in [0.05, 0.1) is 5.66 Å². The van der Waals surface area contributed by atoms with Gasteiger partial charge < -0.3 is 9.79 Å². The first kappa shape index (κ1) is 18.1. The molecular weight excluding hydrogens is 247 g/mol. The highest BCUT2D eigenvalue weighted by Gasteiger charge is 2.29. The Morgan fingerprint density at radius 1 is 0.944 bits per heavy atom. The lowest BCUT2D eigenvalue weighted by Crippen LogP contribution is -2.14. The second-order valence-electron chi connectivity index (χ2n) is 5.39. The molecule has 2 N–H and O–H groups in total. The van der Waals surface area contributed by atoms with E-state index in [9.17, 15) is 14.4 Å². The van der Waals surface area contributed by atoms with Crippen molar-refractivity contribution in [1.82, 2.24) is 0 Å². The van der Waals surface area contributed by atoms with Crippen molar-refractivity contribution in [3.8, 4) is 0 Å². The molecule has 0 heterocycles. The molecule has 18 heavy (non-hydrogen) atoms. The predicted octanol–water partition coefficient (Wildman–Crippen LogP) is 4.72. The third-order valence-corrected chi connectivity index (χ3v) is 5.19. The Kier molecular flexibility index (Phi) is 10.1. The summed E-state index contributed by atoms with van der Waals surface area (Å²) in [6, 6.07) is 0. The lowest BCUT2D eigenvalue weighted by Gasteiger charge is -2.23. The minimum absolute atomic E-state index is 0.411. The third kappa shape index (κ3) is 8.29. The van der Waals surface area contributed by atoms with Crippen LogP contribution in [0.2, 0.25) is 0 Å². The minimum atomic E-state index is -3.92. The number of hydrogen-bond donors (Lipinski definition) is 2. The van der Waals surface area contributed by atoms with Crippen molar-refractivity contribution in [2.75, 3.05) is 0 Å². The molecule has 0 aliphatic heterocycles. The van der Waals surface area contributed by atoms with Gasteiger partial charge in [-0.25, -0.2) is 0 Å². The molecule has 0 aromatic carbocycles. The highest BCUT2D eigenvalue weighted by Crippen LogP contribution is 2.47. The Bertz CT molecular complexity index is 237. The van der Waals surface area contributed by atoms with Crippen LogP contribution in [0.5, 0.6) is 0 Å². The van der Waals surface area contributed by atoms with Gasteiger partial charge in [0.15, 0.2) is 0 Å². The summed E-state index contributed by atoms with van der Waals surface area (Å²) in [6.07, 6.45) is 8.96. The van der Waals surface area contributed by atoms with Crippen LogP contribution in [0.25, 0.3) is 0 Å². The van der Waals surface area contributed by atoms with Gasteiger partial charge in [0, 0.05) is 0 Å². The monoisotopic (exact) mass is 278 g/mol. The van der Waals surface area contributed by atoms with Crippen LogP contribution in [-0.2, 0) is 4.57 Å².